The van der Waals surface area contributed by atoms with Crippen LogP contribution in [-0.2, 0) is 4.79 Å². The Bertz CT molecular complexity index is 445. The first kappa shape index (κ1) is 14.3. The van der Waals surface area contributed by atoms with Gasteiger partial charge in [0.1, 0.15) is 5.82 Å². The topological polar surface area (TPSA) is 96.7 Å². The molecule has 1 amide bonds. The highest BCUT2D eigenvalue weighted by atomic mass is 32.2. The number of primary amides is 1. The molecule has 0 saturated heterocycles. The lowest BCUT2D eigenvalue weighted by Crippen LogP contribution is -2.54. The van der Waals surface area contributed by atoms with Gasteiger partial charge >= 0.3 is 0 Å². The van der Waals surface area contributed by atoms with Gasteiger partial charge in [-0.3, -0.25) is 9.89 Å². The van der Waals surface area contributed by atoms with Crippen LogP contribution in [0.4, 0.5) is 0 Å². The van der Waals surface area contributed by atoms with Crippen LogP contribution in [0, 0.1) is 6.92 Å². The number of amides is 1. The van der Waals surface area contributed by atoms with E-state index in [0.29, 0.717) is 6.04 Å². The molecule has 4 N–H and O–H groups in total. The van der Waals surface area contributed by atoms with Crippen LogP contribution >= 0.6 is 11.8 Å². The fourth-order valence-corrected chi connectivity index (χ4v) is 2.70. The second-order valence-corrected chi connectivity index (χ2v) is 6.33. The Morgan fingerprint density at radius 3 is 2.89 bits per heavy atom. The van der Waals surface area contributed by atoms with Crippen molar-refractivity contribution in [3.63, 3.8) is 0 Å². The van der Waals surface area contributed by atoms with E-state index in [1.165, 1.54) is 0 Å². The first-order valence-electron chi connectivity index (χ1n) is 6.59. The molecule has 0 bridgehead atoms. The van der Waals surface area contributed by atoms with Crippen molar-refractivity contribution < 1.29 is 4.79 Å². The highest BCUT2D eigenvalue weighted by Gasteiger charge is 2.36. The van der Waals surface area contributed by atoms with Crippen molar-refractivity contribution in [1.82, 2.24) is 20.5 Å². The lowest BCUT2D eigenvalue weighted by molar-refractivity contribution is -0.124. The Kier molecular flexibility index (Phi) is 4.46. The molecular formula is C12H21N5OS. The SMILES string of the molecule is Cc1nc(SCCCC(C)(NC2CC2)C(N)=O)n[nH]1. The van der Waals surface area contributed by atoms with Crippen LogP contribution in [0.15, 0.2) is 5.16 Å². The number of carbonyl (C=O) groups is 1. The number of nitrogens with zero attached hydrogens (tertiary/aromatic N) is 2. The zero-order valence-electron chi connectivity index (χ0n) is 11.4. The molecule has 1 atom stereocenters. The molecule has 0 aromatic carbocycles. The summed E-state index contributed by atoms with van der Waals surface area (Å²) < 4.78 is 0. The van der Waals surface area contributed by atoms with Crippen LogP contribution in [0.5, 0.6) is 0 Å². The molecule has 1 aromatic heterocycles. The van der Waals surface area contributed by atoms with Crippen LogP contribution in [0.3, 0.4) is 0 Å². The van der Waals surface area contributed by atoms with E-state index in [1.54, 1.807) is 11.8 Å². The summed E-state index contributed by atoms with van der Waals surface area (Å²) in [5, 5.41) is 11.0. The number of aromatic nitrogens is 3. The summed E-state index contributed by atoms with van der Waals surface area (Å²) in [6.07, 6.45) is 3.94. The van der Waals surface area contributed by atoms with Crippen LogP contribution in [0.2, 0.25) is 0 Å². The summed E-state index contributed by atoms with van der Waals surface area (Å²) in [5.41, 5.74) is 4.92. The summed E-state index contributed by atoms with van der Waals surface area (Å²) in [5.74, 6) is 1.44. The Hall–Kier alpha value is -1.08. The zero-order chi connectivity index (χ0) is 13.9. The molecule has 0 radical (unpaired) electrons. The van der Waals surface area contributed by atoms with Crippen molar-refractivity contribution in [3.8, 4) is 0 Å². The van der Waals surface area contributed by atoms with Gasteiger partial charge in [0.05, 0.1) is 5.54 Å². The summed E-state index contributed by atoms with van der Waals surface area (Å²) >= 11 is 1.59. The molecular weight excluding hydrogens is 262 g/mol. The second-order valence-electron chi connectivity index (χ2n) is 5.27. The smallest absolute Gasteiger partial charge is 0.237 e. The monoisotopic (exact) mass is 283 g/mol. The van der Waals surface area contributed by atoms with Gasteiger partial charge in [-0.2, -0.15) is 0 Å². The lowest BCUT2D eigenvalue weighted by Gasteiger charge is -2.27. The van der Waals surface area contributed by atoms with E-state index in [0.717, 1.165) is 42.4 Å². The van der Waals surface area contributed by atoms with Crippen molar-refractivity contribution in [2.24, 2.45) is 5.73 Å². The minimum atomic E-state index is -0.587. The van der Waals surface area contributed by atoms with Gasteiger partial charge in [-0.25, -0.2) is 4.98 Å². The number of H-pyrrole nitrogens is 1. The Morgan fingerprint density at radius 1 is 1.63 bits per heavy atom. The van der Waals surface area contributed by atoms with E-state index in [2.05, 4.69) is 20.5 Å². The van der Waals surface area contributed by atoms with Gasteiger partial charge in [-0.1, -0.05) is 11.8 Å². The molecule has 2 rings (SSSR count). The van der Waals surface area contributed by atoms with Crippen LogP contribution in [0.25, 0.3) is 0 Å². The molecule has 0 aliphatic heterocycles. The Labute approximate surface area is 117 Å². The summed E-state index contributed by atoms with van der Waals surface area (Å²) in [6, 6.07) is 0.473. The number of aryl methyl sites for hydroxylation is 1. The molecule has 106 valence electrons. The van der Waals surface area contributed by atoms with E-state index in [9.17, 15) is 4.79 Å². The number of rotatable bonds is 8. The summed E-state index contributed by atoms with van der Waals surface area (Å²) in [7, 11) is 0. The molecule has 1 saturated carbocycles. The quantitative estimate of drug-likeness (QED) is 0.488. The first-order chi connectivity index (χ1) is 8.99. The first-order valence-corrected chi connectivity index (χ1v) is 7.57. The molecule has 0 spiro atoms. The number of nitrogens with two attached hydrogens (primary N) is 1. The van der Waals surface area contributed by atoms with Crippen LogP contribution in [0.1, 0.15) is 38.4 Å². The van der Waals surface area contributed by atoms with Gasteiger partial charge in [0, 0.05) is 11.8 Å². The van der Waals surface area contributed by atoms with E-state index in [4.69, 9.17) is 5.73 Å². The summed E-state index contributed by atoms with van der Waals surface area (Å²) in [6.45, 7) is 3.77. The molecule has 7 heteroatoms. The molecule has 1 aliphatic carbocycles. The van der Waals surface area contributed by atoms with Crippen LogP contribution in [-0.4, -0.2) is 38.4 Å². The molecule has 1 aromatic rings. The van der Waals surface area contributed by atoms with Crippen molar-refractivity contribution in [1.29, 1.82) is 0 Å². The van der Waals surface area contributed by atoms with Crippen molar-refractivity contribution >= 4 is 17.7 Å². The third-order valence-corrected chi connectivity index (χ3v) is 4.21. The predicted molar refractivity (Wildman–Crippen MR) is 74.8 cm³/mol. The maximum Gasteiger partial charge on any atom is 0.237 e. The van der Waals surface area contributed by atoms with Crippen molar-refractivity contribution in [2.75, 3.05) is 5.75 Å². The fraction of sp³-hybridized carbons (Fsp3) is 0.750. The predicted octanol–water partition coefficient (Wildman–Crippen LogP) is 0.981. The van der Waals surface area contributed by atoms with Crippen molar-refractivity contribution in [2.45, 2.75) is 56.3 Å². The van der Waals surface area contributed by atoms with Gasteiger partial charge in [0.2, 0.25) is 11.1 Å². The fourth-order valence-electron chi connectivity index (χ4n) is 1.92. The van der Waals surface area contributed by atoms with Gasteiger partial charge in [-0.05, 0) is 39.5 Å². The van der Waals surface area contributed by atoms with Gasteiger partial charge in [-0.15, -0.1) is 5.10 Å². The van der Waals surface area contributed by atoms with E-state index in [-0.39, 0.29) is 5.91 Å². The number of carbonyl (C=O) groups excluding carboxylic acids is 1. The second kappa shape index (κ2) is 5.92. The lowest BCUT2D eigenvalue weighted by atomic mass is 9.95. The zero-order valence-corrected chi connectivity index (χ0v) is 12.2. The van der Waals surface area contributed by atoms with E-state index < -0.39 is 5.54 Å². The minimum Gasteiger partial charge on any atom is -0.368 e. The average molecular weight is 283 g/mol. The average Bonchev–Trinajstić information content (AvgIpc) is 3.05. The molecule has 1 unspecified atom stereocenters. The molecule has 1 fully saturated rings. The van der Waals surface area contributed by atoms with Gasteiger partial charge in [0.15, 0.2) is 0 Å². The van der Waals surface area contributed by atoms with Crippen LogP contribution < -0.4 is 11.1 Å². The number of hydrogen-bond donors (Lipinski definition) is 3. The third-order valence-electron chi connectivity index (χ3n) is 3.27. The van der Waals surface area contributed by atoms with Gasteiger partial charge < -0.3 is 11.1 Å². The molecule has 1 heterocycles. The summed E-state index contributed by atoms with van der Waals surface area (Å²) in [4.78, 5) is 15.8. The highest BCUT2D eigenvalue weighted by Crippen LogP contribution is 2.25. The third kappa shape index (κ3) is 4.21. The normalized spacial score (nSPS) is 18.2. The molecule has 6 nitrogen and oxygen atoms in total. The maximum atomic E-state index is 11.6. The minimum absolute atomic E-state index is 0.266. The number of nitrogens with one attached hydrogen (secondary N) is 2. The Morgan fingerprint density at radius 2 is 2.37 bits per heavy atom. The molecule has 19 heavy (non-hydrogen) atoms. The number of hydrogen-bond acceptors (Lipinski definition) is 5. The van der Waals surface area contributed by atoms with E-state index in [1.807, 2.05) is 13.8 Å². The number of thioether (sulfide) groups is 1. The Balaban J connectivity index is 1.74. The maximum absolute atomic E-state index is 11.6. The van der Waals surface area contributed by atoms with Crippen molar-refractivity contribution in [3.05, 3.63) is 5.82 Å². The van der Waals surface area contributed by atoms with E-state index >= 15 is 0 Å². The standard InChI is InChI=1S/C12H21N5OS/c1-8-14-11(17-16-8)19-7-3-6-12(2,10(13)18)15-9-4-5-9/h9,15H,3-7H2,1-2H3,(H2,13,18)(H,14,16,17). The van der Waals surface area contributed by atoms with Gasteiger partial charge in [0.25, 0.3) is 0 Å². The largest absolute Gasteiger partial charge is 0.368 e. The number of aromatic amines is 1. The highest BCUT2D eigenvalue weighted by molar-refractivity contribution is 7.99. The molecule has 1 aliphatic rings.